The van der Waals surface area contributed by atoms with Crippen LogP contribution in [0, 0.1) is 5.92 Å². The van der Waals surface area contributed by atoms with Crippen molar-refractivity contribution in [2.75, 3.05) is 19.6 Å². The molecule has 0 amide bonds. The minimum Gasteiger partial charge on any atom is -0.317 e. The lowest BCUT2D eigenvalue weighted by atomic mass is 9.84. The summed E-state index contributed by atoms with van der Waals surface area (Å²) in [5, 5.41) is 7.92. The summed E-state index contributed by atoms with van der Waals surface area (Å²) in [5.41, 5.74) is 1.38. The number of piperidine rings is 2. The smallest absolute Gasteiger partial charge is 0.0524 e. The Morgan fingerprint density at radius 3 is 2.90 bits per heavy atom. The van der Waals surface area contributed by atoms with E-state index in [1.165, 1.54) is 57.4 Å². The van der Waals surface area contributed by atoms with E-state index in [0.717, 1.165) is 25.0 Å². The first-order chi connectivity index (χ1) is 9.88. The number of nitrogens with one attached hydrogen (secondary N) is 1. The minimum absolute atomic E-state index is 0.797. The quantitative estimate of drug-likeness (QED) is 0.915. The van der Waals surface area contributed by atoms with Gasteiger partial charge in [0, 0.05) is 25.3 Å². The molecule has 1 atom stereocenters. The molecule has 20 heavy (non-hydrogen) atoms. The number of hydrogen-bond donors (Lipinski definition) is 1. The number of aryl methyl sites for hydroxylation is 1. The Hall–Kier alpha value is -0.870. The Kier molecular flexibility index (Phi) is 4.73. The first-order valence-corrected chi connectivity index (χ1v) is 8.34. The molecule has 1 aromatic rings. The summed E-state index contributed by atoms with van der Waals surface area (Å²) in [6, 6.07) is 2.99. The van der Waals surface area contributed by atoms with Crippen LogP contribution in [-0.4, -0.2) is 40.4 Å². The average molecular weight is 276 g/mol. The Morgan fingerprint density at radius 2 is 2.10 bits per heavy atom. The van der Waals surface area contributed by atoms with E-state index in [1.54, 1.807) is 0 Å². The highest BCUT2D eigenvalue weighted by atomic mass is 15.3. The van der Waals surface area contributed by atoms with Gasteiger partial charge in [0.15, 0.2) is 0 Å². The van der Waals surface area contributed by atoms with E-state index in [9.17, 15) is 0 Å². The Balaban J connectivity index is 1.68. The van der Waals surface area contributed by atoms with E-state index in [4.69, 9.17) is 0 Å². The molecule has 0 spiro atoms. The fraction of sp³-hybridized carbons (Fsp3) is 0.812. The normalized spacial score (nSPS) is 25.9. The second kappa shape index (κ2) is 6.72. The van der Waals surface area contributed by atoms with Gasteiger partial charge in [-0.1, -0.05) is 6.42 Å². The molecule has 0 saturated carbocycles. The van der Waals surface area contributed by atoms with E-state index in [1.807, 2.05) is 6.20 Å². The van der Waals surface area contributed by atoms with Gasteiger partial charge < -0.3 is 5.32 Å². The van der Waals surface area contributed by atoms with Gasteiger partial charge in [-0.2, -0.15) is 5.10 Å². The van der Waals surface area contributed by atoms with Crippen molar-refractivity contribution in [3.8, 4) is 0 Å². The first kappa shape index (κ1) is 14.1. The van der Waals surface area contributed by atoms with Crippen molar-refractivity contribution in [3.63, 3.8) is 0 Å². The van der Waals surface area contributed by atoms with Crippen LogP contribution >= 0.6 is 0 Å². The number of rotatable bonds is 4. The van der Waals surface area contributed by atoms with Crippen LogP contribution in [0.3, 0.4) is 0 Å². The molecule has 3 heterocycles. The van der Waals surface area contributed by atoms with Gasteiger partial charge in [-0.3, -0.25) is 9.58 Å². The lowest BCUT2D eigenvalue weighted by molar-refractivity contribution is 0.0754. The number of aromatic nitrogens is 2. The van der Waals surface area contributed by atoms with Gasteiger partial charge in [-0.05, 0) is 64.2 Å². The molecule has 2 saturated heterocycles. The maximum atomic E-state index is 4.42. The zero-order valence-corrected chi connectivity index (χ0v) is 12.7. The monoisotopic (exact) mass is 276 g/mol. The van der Waals surface area contributed by atoms with E-state index in [2.05, 4.69) is 33.0 Å². The third-order valence-electron chi connectivity index (χ3n) is 5.06. The van der Waals surface area contributed by atoms with Crippen LogP contribution < -0.4 is 5.32 Å². The molecule has 1 N–H and O–H groups in total. The maximum Gasteiger partial charge on any atom is 0.0524 e. The SMILES string of the molecule is CCn1nccc1CN1CCCCC1C1CCNCC1. The van der Waals surface area contributed by atoms with E-state index in [0.29, 0.717) is 0 Å². The van der Waals surface area contributed by atoms with Crippen molar-refractivity contribution in [1.29, 1.82) is 0 Å². The minimum atomic E-state index is 0.797. The summed E-state index contributed by atoms with van der Waals surface area (Å²) >= 11 is 0. The first-order valence-electron chi connectivity index (χ1n) is 8.34. The summed E-state index contributed by atoms with van der Waals surface area (Å²) in [6.45, 7) is 7.93. The van der Waals surface area contributed by atoms with Crippen molar-refractivity contribution < 1.29 is 0 Å². The van der Waals surface area contributed by atoms with Crippen LogP contribution in [0.4, 0.5) is 0 Å². The summed E-state index contributed by atoms with van der Waals surface area (Å²) in [4.78, 5) is 2.74. The van der Waals surface area contributed by atoms with Crippen LogP contribution in [0.5, 0.6) is 0 Å². The maximum absolute atomic E-state index is 4.42. The number of likely N-dealkylation sites (tertiary alicyclic amines) is 1. The van der Waals surface area contributed by atoms with Crippen LogP contribution in [-0.2, 0) is 13.1 Å². The summed E-state index contributed by atoms with van der Waals surface area (Å²) < 4.78 is 2.15. The van der Waals surface area contributed by atoms with Crippen LogP contribution in [0.1, 0.15) is 44.7 Å². The Labute approximate surface area is 122 Å². The van der Waals surface area contributed by atoms with Crippen molar-refractivity contribution in [2.45, 2.75) is 58.2 Å². The molecule has 4 heteroatoms. The molecule has 112 valence electrons. The molecule has 4 nitrogen and oxygen atoms in total. The highest BCUT2D eigenvalue weighted by Gasteiger charge is 2.30. The van der Waals surface area contributed by atoms with Crippen molar-refractivity contribution in [3.05, 3.63) is 18.0 Å². The molecule has 3 rings (SSSR count). The van der Waals surface area contributed by atoms with Crippen LogP contribution in [0.15, 0.2) is 12.3 Å². The highest BCUT2D eigenvalue weighted by molar-refractivity contribution is 5.01. The number of nitrogens with zero attached hydrogens (tertiary/aromatic N) is 3. The average Bonchev–Trinajstić information content (AvgIpc) is 2.96. The number of hydrogen-bond acceptors (Lipinski definition) is 3. The van der Waals surface area contributed by atoms with Gasteiger partial charge in [0.05, 0.1) is 5.69 Å². The van der Waals surface area contributed by atoms with Gasteiger partial charge in [0.2, 0.25) is 0 Å². The molecule has 1 aromatic heterocycles. The molecular formula is C16H28N4. The molecule has 0 radical (unpaired) electrons. The van der Waals surface area contributed by atoms with E-state index < -0.39 is 0 Å². The second-order valence-corrected chi connectivity index (χ2v) is 6.26. The van der Waals surface area contributed by atoms with Crippen molar-refractivity contribution in [2.24, 2.45) is 5.92 Å². The lowest BCUT2D eigenvalue weighted by Crippen LogP contribution is -2.47. The van der Waals surface area contributed by atoms with Crippen molar-refractivity contribution in [1.82, 2.24) is 20.0 Å². The van der Waals surface area contributed by atoms with Gasteiger partial charge in [0.25, 0.3) is 0 Å². The molecule has 2 aliphatic rings. The van der Waals surface area contributed by atoms with Gasteiger partial charge in [-0.15, -0.1) is 0 Å². The fourth-order valence-corrected chi connectivity index (χ4v) is 3.96. The third kappa shape index (κ3) is 3.07. The summed E-state index contributed by atoms with van der Waals surface area (Å²) in [5.74, 6) is 0.898. The molecular weight excluding hydrogens is 248 g/mol. The van der Waals surface area contributed by atoms with Gasteiger partial charge in [0.1, 0.15) is 0 Å². The standard InChI is InChI=1S/C16H28N4/c1-2-20-15(8-11-18-20)13-19-12-4-3-5-16(19)14-6-9-17-10-7-14/h8,11,14,16-17H,2-7,9-10,12-13H2,1H3. The zero-order valence-electron chi connectivity index (χ0n) is 12.7. The van der Waals surface area contributed by atoms with Crippen molar-refractivity contribution >= 4 is 0 Å². The largest absolute Gasteiger partial charge is 0.317 e. The third-order valence-corrected chi connectivity index (χ3v) is 5.06. The van der Waals surface area contributed by atoms with Gasteiger partial charge >= 0.3 is 0 Å². The Morgan fingerprint density at radius 1 is 1.25 bits per heavy atom. The van der Waals surface area contributed by atoms with Gasteiger partial charge in [-0.25, -0.2) is 0 Å². The summed E-state index contributed by atoms with van der Waals surface area (Å²) in [6.07, 6.45) is 8.83. The fourth-order valence-electron chi connectivity index (χ4n) is 3.96. The molecule has 2 aliphatic heterocycles. The lowest BCUT2D eigenvalue weighted by Gasteiger charge is -2.42. The van der Waals surface area contributed by atoms with E-state index in [-0.39, 0.29) is 0 Å². The Bertz CT molecular complexity index is 408. The van der Waals surface area contributed by atoms with Crippen LogP contribution in [0.25, 0.3) is 0 Å². The topological polar surface area (TPSA) is 33.1 Å². The molecule has 0 aromatic carbocycles. The zero-order chi connectivity index (χ0) is 13.8. The molecule has 1 unspecified atom stereocenters. The molecule has 2 fully saturated rings. The molecule has 0 bridgehead atoms. The molecule has 0 aliphatic carbocycles. The van der Waals surface area contributed by atoms with Crippen LogP contribution in [0.2, 0.25) is 0 Å². The summed E-state index contributed by atoms with van der Waals surface area (Å²) in [7, 11) is 0. The predicted molar refractivity (Wildman–Crippen MR) is 81.5 cm³/mol. The predicted octanol–water partition coefficient (Wildman–Crippen LogP) is 2.26. The van der Waals surface area contributed by atoms with E-state index >= 15 is 0 Å². The highest BCUT2D eigenvalue weighted by Crippen LogP contribution is 2.29. The second-order valence-electron chi connectivity index (χ2n) is 6.26.